The summed E-state index contributed by atoms with van der Waals surface area (Å²) in [5.41, 5.74) is 2.53. The Morgan fingerprint density at radius 3 is 2.46 bits per heavy atom. The van der Waals surface area contributed by atoms with Crippen molar-refractivity contribution in [2.75, 3.05) is 6.54 Å². The van der Waals surface area contributed by atoms with Crippen molar-refractivity contribution in [3.63, 3.8) is 0 Å². The number of benzene rings is 2. The fourth-order valence-electron chi connectivity index (χ4n) is 5.46. The quantitative estimate of drug-likeness (QED) is 0.362. The van der Waals surface area contributed by atoms with Crippen LogP contribution in [0.4, 0.5) is 22.8 Å². The van der Waals surface area contributed by atoms with Crippen molar-refractivity contribution in [1.29, 1.82) is 0 Å². The smallest absolute Gasteiger partial charge is 0.410 e. The van der Waals surface area contributed by atoms with E-state index < -0.39 is 36.9 Å². The maximum Gasteiger partial charge on any atom is 0.410 e. The molecule has 39 heavy (non-hydrogen) atoms. The van der Waals surface area contributed by atoms with Crippen molar-refractivity contribution in [3.05, 3.63) is 65.5 Å². The van der Waals surface area contributed by atoms with E-state index in [0.29, 0.717) is 34.4 Å². The van der Waals surface area contributed by atoms with Crippen LogP contribution in [0.15, 0.2) is 52.9 Å². The monoisotopic (exact) mass is 542 g/mol. The van der Waals surface area contributed by atoms with E-state index in [0.717, 1.165) is 36.1 Å². The highest BCUT2D eigenvalue weighted by Crippen LogP contribution is 2.54. The van der Waals surface area contributed by atoms with E-state index in [-0.39, 0.29) is 19.1 Å². The maximum absolute atomic E-state index is 13.0. The molecule has 11 heteroatoms. The molecule has 2 atom stereocenters. The third-order valence-electron chi connectivity index (χ3n) is 7.69. The minimum absolute atomic E-state index is 0.0107. The van der Waals surface area contributed by atoms with Gasteiger partial charge in [0.1, 0.15) is 24.2 Å². The summed E-state index contributed by atoms with van der Waals surface area (Å²) in [4.78, 5) is 30.8. The van der Waals surface area contributed by atoms with Crippen LogP contribution in [0, 0.1) is 17.8 Å². The van der Waals surface area contributed by atoms with Gasteiger partial charge in [-0.25, -0.2) is 14.6 Å². The lowest BCUT2D eigenvalue weighted by atomic mass is 9.89. The number of hydrogen-bond donors (Lipinski definition) is 2. The normalized spacial score (nSPS) is 20.4. The first-order valence-corrected chi connectivity index (χ1v) is 13.2. The van der Waals surface area contributed by atoms with Crippen molar-refractivity contribution in [2.24, 2.45) is 17.8 Å². The van der Waals surface area contributed by atoms with Crippen LogP contribution in [0.1, 0.15) is 48.7 Å². The molecule has 3 aromatic rings. The summed E-state index contributed by atoms with van der Waals surface area (Å²) in [6.45, 7) is -0.296. The van der Waals surface area contributed by atoms with Gasteiger partial charge in [0.2, 0.25) is 5.89 Å². The minimum Gasteiger partial charge on any atom is -0.445 e. The number of alkyl halides is 3. The summed E-state index contributed by atoms with van der Waals surface area (Å²) in [5, 5.41) is 5.00. The van der Waals surface area contributed by atoms with Gasteiger partial charge in [0.05, 0.1) is 6.54 Å². The van der Waals surface area contributed by atoms with Crippen LogP contribution < -0.4 is 10.6 Å². The Morgan fingerprint density at radius 2 is 1.82 bits per heavy atom. The number of carbonyl (C=O) groups is 2. The Morgan fingerprint density at radius 1 is 1.10 bits per heavy atom. The van der Waals surface area contributed by atoms with E-state index in [9.17, 15) is 22.8 Å². The summed E-state index contributed by atoms with van der Waals surface area (Å²) in [6.07, 6.45) is -0.657. The number of carbonyl (C=O) groups excluding carboxylic acids is 2. The Hall–Kier alpha value is -3.76. The molecule has 8 nitrogen and oxygen atoms in total. The number of fused-ring (bicyclic) bond motifs is 1. The zero-order valence-corrected chi connectivity index (χ0v) is 21.1. The standard InChI is InChI=1S/C28H29F3N4O4/c29-28(30,31)22-14-35(26(36)33-22)13-17-6-11-21-20(12-17)32-25(39-21)24(23(18-7-8-18)19-9-10-19)34-27(37)38-15-16-4-2-1-3-5-16/h1-6,11-12,18-19,22-24H,7-10,13-15H2,(H,33,36)(H,34,37). The first-order valence-electron chi connectivity index (χ1n) is 13.2. The van der Waals surface area contributed by atoms with E-state index in [1.807, 2.05) is 35.6 Å². The lowest BCUT2D eigenvalue weighted by Gasteiger charge is -2.25. The molecule has 2 saturated carbocycles. The molecule has 2 aromatic carbocycles. The number of hydrogen-bond acceptors (Lipinski definition) is 5. The molecule has 0 bridgehead atoms. The van der Waals surface area contributed by atoms with Gasteiger partial charge in [0.25, 0.3) is 0 Å². The van der Waals surface area contributed by atoms with Gasteiger partial charge in [-0.2, -0.15) is 13.2 Å². The molecule has 1 aliphatic heterocycles. The van der Waals surface area contributed by atoms with Crippen LogP contribution in [-0.2, 0) is 17.9 Å². The second-order valence-corrected chi connectivity index (χ2v) is 10.7. The number of nitrogens with one attached hydrogen (secondary N) is 2. The predicted molar refractivity (Wildman–Crippen MR) is 134 cm³/mol. The SMILES string of the molecule is O=C(NC(c1nc2cc(CN3CC(C(F)(F)F)NC3=O)ccc2o1)C(C1CC1)C1CC1)OCc1ccccc1. The van der Waals surface area contributed by atoms with Crippen LogP contribution in [0.2, 0.25) is 0 Å². The van der Waals surface area contributed by atoms with Gasteiger partial charge >= 0.3 is 18.3 Å². The van der Waals surface area contributed by atoms with Crippen LogP contribution in [0.3, 0.4) is 0 Å². The van der Waals surface area contributed by atoms with E-state index >= 15 is 0 Å². The Bertz CT molecular complexity index is 1340. The van der Waals surface area contributed by atoms with E-state index in [1.165, 1.54) is 0 Å². The lowest BCUT2D eigenvalue weighted by Crippen LogP contribution is -2.40. The van der Waals surface area contributed by atoms with Crippen LogP contribution >= 0.6 is 0 Å². The Labute approximate surface area is 222 Å². The molecule has 6 rings (SSSR count). The summed E-state index contributed by atoms with van der Waals surface area (Å²) < 4.78 is 50.7. The number of halogens is 3. The van der Waals surface area contributed by atoms with Crippen molar-refractivity contribution < 1.29 is 31.9 Å². The summed E-state index contributed by atoms with van der Waals surface area (Å²) in [6, 6.07) is 11.4. The third kappa shape index (κ3) is 5.81. The summed E-state index contributed by atoms with van der Waals surface area (Å²) in [5.74, 6) is 1.54. The number of ether oxygens (including phenoxy) is 1. The first kappa shape index (κ1) is 25.5. The number of aromatic nitrogens is 1. The highest BCUT2D eigenvalue weighted by Gasteiger charge is 2.48. The molecule has 2 heterocycles. The number of urea groups is 1. The molecule has 3 aliphatic rings. The third-order valence-corrected chi connectivity index (χ3v) is 7.69. The molecule has 3 amide bonds. The average molecular weight is 543 g/mol. The average Bonchev–Trinajstić information content (AvgIpc) is 3.84. The summed E-state index contributed by atoms with van der Waals surface area (Å²) in [7, 11) is 0. The zero-order chi connectivity index (χ0) is 27.1. The van der Waals surface area contributed by atoms with Gasteiger partial charge in [-0.1, -0.05) is 36.4 Å². The Balaban J connectivity index is 1.20. The second kappa shape index (κ2) is 10.1. The predicted octanol–water partition coefficient (Wildman–Crippen LogP) is 5.69. The fraction of sp³-hybridized carbons (Fsp3) is 0.464. The number of nitrogens with zero attached hydrogens (tertiary/aromatic N) is 2. The number of rotatable bonds is 9. The van der Waals surface area contributed by atoms with E-state index in [4.69, 9.17) is 14.1 Å². The molecule has 0 spiro atoms. The van der Waals surface area contributed by atoms with Gasteiger partial charge in [-0.05, 0) is 66.7 Å². The van der Waals surface area contributed by atoms with Crippen molar-refractivity contribution in [3.8, 4) is 0 Å². The molecule has 1 aromatic heterocycles. The van der Waals surface area contributed by atoms with Crippen molar-refractivity contribution in [2.45, 2.75) is 57.1 Å². The van der Waals surface area contributed by atoms with Gasteiger partial charge in [-0.15, -0.1) is 0 Å². The number of amides is 3. The zero-order valence-electron chi connectivity index (χ0n) is 21.1. The van der Waals surface area contributed by atoms with E-state index in [2.05, 4.69) is 5.32 Å². The minimum atomic E-state index is -4.50. The highest BCUT2D eigenvalue weighted by molar-refractivity contribution is 5.78. The lowest BCUT2D eigenvalue weighted by molar-refractivity contribution is -0.149. The largest absolute Gasteiger partial charge is 0.445 e. The Kier molecular flexibility index (Phi) is 6.60. The maximum atomic E-state index is 13.0. The van der Waals surface area contributed by atoms with Gasteiger partial charge in [0.15, 0.2) is 5.58 Å². The molecule has 1 saturated heterocycles. The van der Waals surface area contributed by atoms with Crippen molar-refractivity contribution in [1.82, 2.24) is 20.5 Å². The highest BCUT2D eigenvalue weighted by atomic mass is 19.4. The molecule has 2 aliphatic carbocycles. The molecular weight excluding hydrogens is 513 g/mol. The van der Waals surface area contributed by atoms with Crippen LogP contribution in [0.5, 0.6) is 0 Å². The summed E-state index contributed by atoms with van der Waals surface area (Å²) >= 11 is 0. The molecule has 2 unspecified atom stereocenters. The van der Waals surface area contributed by atoms with Crippen LogP contribution in [0.25, 0.3) is 11.1 Å². The van der Waals surface area contributed by atoms with Gasteiger partial charge in [0, 0.05) is 6.54 Å². The second-order valence-electron chi connectivity index (χ2n) is 10.7. The first-order chi connectivity index (χ1) is 18.7. The molecule has 2 N–H and O–H groups in total. The van der Waals surface area contributed by atoms with Crippen molar-refractivity contribution >= 4 is 23.2 Å². The molecular formula is C28H29F3N4O4. The number of oxazole rings is 1. The molecule has 206 valence electrons. The molecule has 3 fully saturated rings. The molecule has 0 radical (unpaired) electrons. The fourth-order valence-corrected chi connectivity index (χ4v) is 5.46. The van der Waals surface area contributed by atoms with E-state index in [1.54, 1.807) is 18.2 Å². The number of alkyl carbamates (subject to hydrolysis) is 1. The van der Waals surface area contributed by atoms with Gasteiger partial charge < -0.3 is 24.7 Å². The van der Waals surface area contributed by atoms with Crippen LogP contribution in [-0.4, -0.2) is 40.8 Å². The topological polar surface area (TPSA) is 96.7 Å². The van der Waals surface area contributed by atoms with Gasteiger partial charge in [-0.3, -0.25) is 0 Å².